The van der Waals surface area contributed by atoms with Crippen LogP contribution in [0.1, 0.15) is 45.4 Å². The number of nitro groups is 1. The molecule has 1 N–H and O–H groups in total. The van der Waals surface area contributed by atoms with Crippen molar-refractivity contribution in [3.63, 3.8) is 0 Å². The lowest BCUT2D eigenvalue weighted by molar-refractivity contribution is -0.384. The van der Waals surface area contributed by atoms with E-state index in [4.69, 9.17) is 0 Å². The lowest BCUT2D eigenvalue weighted by Crippen LogP contribution is -2.36. The molecule has 1 atom stereocenters. The molecule has 3 rings (SSSR count). The average Bonchev–Trinajstić information content (AvgIpc) is 3.23. The van der Waals surface area contributed by atoms with Crippen LogP contribution in [0.5, 0.6) is 0 Å². The van der Waals surface area contributed by atoms with Crippen molar-refractivity contribution >= 4 is 17.1 Å². The second-order valence-electron chi connectivity index (χ2n) is 7.84. The van der Waals surface area contributed by atoms with Gasteiger partial charge >= 0.3 is 0 Å². The number of hydrogen-bond acceptors (Lipinski definition) is 4. The van der Waals surface area contributed by atoms with Crippen LogP contribution in [-0.2, 0) is 0 Å². The molecule has 0 radical (unpaired) electrons. The summed E-state index contributed by atoms with van der Waals surface area (Å²) in [6.45, 7) is 4.23. The third-order valence-corrected chi connectivity index (χ3v) is 5.84. The highest BCUT2D eigenvalue weighted by Crippen LogP contribution is 2.29. The van der Waals surface area contributed by atoms with Crippen LogP contribution in [0.25, 0.3) is 0 Å². The van der Waals surface area contributed by atoms with Crippen LogP contribution in [0.4, 0.5) is 17.1 Å². The molecule has 1 aliphatic rings. The van der Waals surface area contributed by atoms with Crippen LogP contribution in [0.15, 0.2) is 54.6 Å². The number of hydrogen-bond donors (Lipinski definition) is 1. The fraction of sp³-hybridized carbons (Fsp3) is 0.478. The Morgan fingerprint density at radius 2 is 1.79 bits per heavy atom. The van der Waals surface area contributed by atoms with Crippen molar-refractivity contribution in [1.29, 1.82) is 0 Å². The molecule has 1 fully saturated rings. The van der Waals surface area contributed by atoms with Gasteiger partial charge in [-0.15, -0.1) is 0 Å². The lowest BCUT2D eigenvalue weighted by atomic mass is 10.0. The maximum absolute atomic E-state index is 10.8. The molecule has 0 heterocycles. The number of benzene rings is 2. The number of non-ortho nitro benzene ring substituents is 1. The number of nitro benzene ring substituents is 1. The van der Waals surface area contributed by atoms with Gasteiger partial charge < -0.3 is 10.2 Å². The van der Waals surface area contributed by atoms with Gasteiger partial charge in [-0.3, -0.25) is 10.1 Å². The predicted molar refractivity (Wildman–Crippen MR) is 116 cm³/mol. The van der Waals surface area contributed by atoms with Crippen LogP contribution in [0.2, 0.25) is 0 Å². The molecular weight excluding hydrogens is 350 g/mol. The minimum atomic E-state index is -0.367. The Morgan fingerprint density at radius 3 is 2.43 bits per heavy atom. The van der Waals surface area contributed by atoms with Crippen LogP contribution in [0, 0.1) is 16.0 Å². The van der Waals surface area contributed by atoms with E-state index >= 15 is 0 Å². The Bertz CT molecular complexity index is 727. The predicted octanol–water partition coefficient (Wildman–Crippen LogP) is 5.87. The standard InChI is InChI=1S/C23H31N3O2/c1-19(15-17-24-21-11-13-23(14-12-21)26(27)28)25(22-9-3-2-4-10-22)18-16-20-7-5-6-8-20/h2-4,9-14,19-20,24H,5-8,15-18H2,1H3. The number of para-hydroxylation sites is 1. The van der Waals surface area contributed by atoms with E-state index in [2.05, 4.69) is 47.5 Å². The first-order valence-corrected chi connectivity index (χ1v) is 10.4. The highest BCUT2D eigenvalue weighted by atomic mass is 16.6. The van der Waals surface area contributed by atoms with Gasteiger partial charge in [-0.05, 0) is 49.9 Å². The summed E-state index contributed by atoms with van der Waals surface area (Å²) >= 11 is 0. The van der Waals surface area contributed by atoms with E-state index in [0.717, 1.165) is 31.1 Å². The summed E-state index contributed by atoms with van der Waals surface area (Å²) in [5.74, 6) is 0.886. The van der Waals surface area contributed by atoms with Crippen molar-refractivity contribution in [2.24, 2.45) is 5.92 Å². The highest BCUT2D eigenvalue weighted by Gasteiger charge is 2.19. The molecule has 0 aromatic heterocycles. The van der Waals surface area contributed by atoms with Crippen molar-refractivity contribution in [3.05, 3.63) is 64.7 Å². The molecular formula is C23H31N3O2. The summed E-state index contributed by atoms with van der Waals surface area (Å²) in [7, 11) is 0. The molecule has 0 saturated heterocycles. The van der Waals surface area contributed by atoms with E-state index in [1.165, 1.54) is 37.8 Å². The first-order chi connectivity index (χ1) is 13.6. The second-order valence-corrected chi connectivity index (χ2v) is 7.84. The number of nitrogens with zero attached hydrogens (tertiary/aromatic N) is 2. The van der Waals surface area contributed by atoms with Crippen LogP contribution in [-0.4, -0.2) is 24.1 Å². The number of anilines is 2. The highest BCUT2D eigenvalue weighted by molar-refractivity contribution is 5.49. The van der Waals surface area contributed by atoms with E-state index < -0.39 is 0 Å². The van der Waals surface area contributed by atoms with E-state index in [1.54, 1.807) is 24.3 Å². The first-order valence-electron chi connectivity index (χ1n) is 10.4. The molecule has 1 saturated carbocycles. The molecule has 0 spiro atoms. The summed E-state index contributed by atoms with van der Waals surface area (Å²) in [4.78, 5) is 12.9. The van der Waals surface area contributed by atoms with Crippen molar-refractivity contribution in [2.45, 2.75) is 51.5 Å². The SMILES string of the molecule is CC(CCNc1ccc([N+](=O)[O-])cc1)N(CCC1CCCC1)c1ccccc1. The van der Waals surface area contributed by atoms with Crippen molar-refractivity contribution in [1.82, 2.24) is 0 Å². The molecule has 28 heavy (non-hydrogen) atoms. The van der Waals surface area contributed by atoms with Gasteiger partial charge in [0.1, 0.15) is 0 Å². The minimum Gasteiger partial charge on any atom is -0.385 e. The van der Waals surface area contributed by atoms with E-state index in [1.807, 2.05) is 0 Å². The van der Waals surface area contributed by atoms with Gasteiger partial charge in [0.2, 0.25) is 0 Å². The summed E-state index contributed by atoms with van der Waals surface area (Å²) in [5.41, 5.74) is 2.35. The van der Waals surface area contributed by atoms with Gasteiger partial charge in [0.25, 0.3) is 5.69 Å². The normalized spacial score (nSPS) is 15.3. The van der Waals surface area contributed by atoms with Crippen LogP contribution < -0.4 is 10.2 Å². The zero-order valence-corrected chi connectivity index (χ0v) is 16.7. The smallest absolute Gasteiger partial charge is 0.269 e. The van der Waals surface area contributed by atoms with Crippen LogP contribution >= 0.6 is 0 Å². The Kier molecular flexibility index (Phi) is 7.29. The van der Waals surface area contributed by atoms with Crippen molar-refractivity contribution in [3.8, 4) is 0 Å². The second kappa shape index (κ2) is 10.1. The number of rotatable bonds is 10. The average molecular weight is 382 g/mol. The minimum absolute atomic E-state index is 0.126. The molecule has 2 aromatic carbocycles. The third-order valence-electron chi connectivity index (χ3n) is 5.84. The molecule has 1 aliphatic carbocycles. The van der Waals surface area contributed by atoms with E-state index in [0.29, 0.717) is 6.04 Å². The Balaban J connectivity index is 1.54. The molecule has 0 bridgehead atoms. The molecule has 150 valence electrons. The monoisotopic (exact) mass is 381 g/mol. The summed E-state index contributed by atoms with van der Waals surface area (Å²) < 4.78 is 0. The fourth-order valence-electron chi connectivity index (χ4n) is 4.13. The Morgan fingerprint density at radius 1 is 1.11 bits per heavy atom. The quantitative estimate of drug-likeness (QED) is 0.413. The first kappa shape index (κ1) is 20.2. The summed E-state index contributed by atoms with van der Waals surface area (Å²) in [6, 6.07) is 17.8. The summed E-state index contributed by atoms with van der Waals surface area (Å²) in [5, 5.41) is 14.2. The van der Waals surface area contributed by atoms with Gasteiger partial charge in [-0.1, -0.05) is 43.9 Å². The van der Waals surface area contributed by atoms with Crippen molar-refractivity contribution < 1.29 is 4.92 Å². The van der Waals surface area contributed by atoms with Crippen molar-refractivity contribution in [2.75, 3.05) is 23.3 Å². The van der Waals surface area contributed by atoms with Crippen LogP contribution in [0.3, 0.4) is 0 Å². The van der Waals surface area contributed by atoms with Gasteiger partial charge in [-0.25, -0.2) is 0 Å². The maximum Gasteiger partial charge on any atom is 0.269 e. The largest absolute Gasteiger partial charge is 0.385 e. The fourth-order valence-corrected chi connectivity index (χ4v) is 4.13. The third kappa shape index (κ3) is 5.72. The van der Waals surface area contributed by atoms with Gasteiger partial charge in [0, 0.05) is 42.6 Å². The lowest BCUT2D eigenvalue weighted by Gasteiger charge is -2.32. The summed E-state index contributed by atoms with van der Waals surface area (Å²) in [6.07, 6.45) is 7.85. The maximum atomic E-state index is 10.8. The zero-order chi connectivity index (χ0) is 19.8. The van der Waals surface area contributed by atoms with Gasteiger partial charge in [0.05, 0.1) is 4.92 Å². The zero-order valence-electron chi connectivity index (χ0n) is 16.7. The Hall–Kier alpha value is -2.56. The molecule has 2 aromatic rings. The molecule has 0 amide bonds. The topological polar surface area (TPSA) is 58.4 Å². The number of nitrogens with one attached hydrogen (secondary N) is 1. The molecule has 5 heteroatoms. The van der Waals surface area contributed by atoms with Gasteiger partial charge in [0.15, 0.2) is 0 Å². The Labute approximate surface area is 167 Å². The molecule has 1 unspecified atom stereocenters. The molecule has 0 aliphatic heterocycles. The molecule has 5 nitrogen and oxygen atoms in total. The van der Waals surface area contributed by atoms with Gasteiger partial charge in [-0.2, -0.15) is 0 Å². The van der Waals surface area contributed by atoms with E-state index in [-0.39, 0.29) is 10.6 Å². The van der Waals surface area contributed by atoms with E-state index in [9.17, 15) is 10.1 Å².